The van der Waals surface area contributed by atoms with Crippen LogP contribution in [0.3, 0.4) is 0 Å². The summed E-state index contributed by atoms with van der Waals surface area (Å²) < 4.78 is 40.6. The molecule has 9 heteroatoms. The van der Waals surface area contributed by atoms with Crippen molar-refractivity contribution in [2.24, 2.45) is 11.3 Å². The fourth-order valence-corrected chi connectivity index (χ4v) is 5.77. The number of hydrogen-bond donors (Lipinski definition) is 1. The maximum atomic E-state index is 13.5. The quantitative estimate of drug-likeness (QED) is 0.743. The molecule has 2 saturated heterocycles. The predicted molar refractivity (Wildman–Crippen MR) is 116 cm³/mol. The molecule has 6 nitrogen and oxygen atoms in total. The number of nitrogens with one attached hydrogen (secondary N) is 1. The van der Waals surface area contributed by atoms with Crippen molar-refractivity contribution >= 4 is 17.5 Å². The van der Waals surface area contributed by atoms with Crippen molar-refractivity contribution in [1.29, 1.82) is 5.26 Å². The molecule has 1 atom stereocenters. The summed E-state index contributed by atoms with van der Waals surface area (Å²) in [7, 11) is 1.52. The van der Waals surface area contributed by atoms with E-state index in [1.807, 2.05) is 4.90 Å². The highest BCUT2D eigenvalue weighted by Crippen LogP contribution is 2.46. The van der Waals surface area contributed by atoms with E-state index in [0.717, 1.165) is 44.6 Å². The lowest BCUT2D eigenvalue weighted by Gasteiger charge is -2.40. The van der Waals surface area contributed by atoms with E-state index in [2.05, 4.69) is 5.32 Å². The molecule has 1 aliphatic carbocycles. The number of carbonyl (C=O) groups is 2. The number of halogens is 3. The molecule has 1 aromatic carbocycles. The van der Waals surface area contributed by atoms with Gasteiger partial charge in [-0.25, -0.2) is 0 Å². The van der Waals surface area contributed by atoms with Crippen LogP contribution in [0.2, 0.25) is 0 Å². The van der Waals surface area contributed by atoms with Crippen molar-refractivity contribution in [2.75, 3.05) is 31.6 Å². The summed E-state index contributed by atoms with van der Waals surface area (Å²) >= 11 is 0. The van der Waals surface area contributed by atoms with Gasteiger partial charge >= 0.3 is 6.18 Å². The number of likely N-dealkylation sites (N-methyl/N-ethyl adjacent to an activating group) is 1. The summed E-state index contributed by atoms with van der Waals surface area (Å²) in [6.07, 6.45) is 1.41. The Morgan fingerprint density at radius 3 is 2.42 bits per heavy atom. The molecular formula is C24H29F3N4O2. The minimum atomic E-state index is -4.66. The second kappa shape index (κ2) is 8.88. The maximum Gasteiger partial charge on any atom is 0.417 e. The molecule has 33 heavy (non-hydrogen) atoms. The van der Waals surface area contributed by atoms with Crippen LogP contribution in [-0.2, 0) is 15.8 Å². The van der Waals surface area contributed by atoms with Crippen LogP contribution in [0.1, 0.15) is 56.1 Å². The van der Waals surface area contributed by atoms with E-state index in [4.69, 9.17) is 5.26 Å². The van der Waals surface area contributed by atoms with E-state index in [0.29, 0.717) is 26.1 Å². The van der Waals surface area contributed by atoms with E-state index in [1.165, 1.54) is 19.2 Å². The van der Waals surface area contributed by atoms with Crippen molar-refractivity contribution in [1.82, 2.24) is 10.2 Å². The van der Waals surface area contributed by atoms with Crippen LogP contribution in [0.5, 0.6) is 0 Å². The highest BCUT2D eigenvalue weighted by Gasteiger charge is 2.49. The molecule has 2 amide bonds. The number of carbonyl (C=O) groups excluding carboxylic acids is 2. The maximum absolute atomic E-state index is 13.5. The number of nitrogens with zero attached hydrogens (tertiary/aromatic N) is 3. The zero-order valence-corrected chi connectivity index (χ0v) is 18.7. The van der Waals surface area contributed by atoms with E-state index in [-0.39, 0.29) is 28.8 Å². The molecule has 1 aromatic rings. The lowest BCUT2D eigenvalue weighted by atomic mass is 9.76. The normalized spacial score (nSPS) is 23.1. The molecule has 0 radical (unpaired) electrons. The molecule has 3 fully saturated rings. The Bertz CT molecular complexity index is 957. The van der Waals surface area contributed by atoms with Gasteiger partial charge < -0.3 is 15.1 Å². The van der Waals surface area contributed by atoms with Gasteiger partial charge in [0.2, 0.25) is 11.8 Å². The number of alkyl halides is 3. The van der Waals surface area contributed by atoms with E-state index in [1.54, 1.807) is 11.0 Å². The summed E-state index contributed by atoms with van der Waals surface area (Å²) in [5, 5.41) is 11.7. The smallest absolute Gasteiger partial charge is 0.359 e. The Kier molecular flexibility index (Phi) is 6.30. The molecule has 2 aliphatic heterocycles. The van der Waals surface area contributed by atoms with E-state index >= 15 is 0 Å². The summed E-state index contributed by atoms with van der Waals surface area (Å²) in [6, 6.07) is 4.65. The number of anilines is 1. The van der Waals surface area contributed by atoms with Crippen LogP contribution in [0, 0.1) is 22.7 Å². The lowest BCUT2D eigenvalue weighted by Crippen LogP contribution is -2.46. The minimum Gasteiger partial charge on any atom is -0.359 e. The monoisotopic (exact) mass is 462 g/mol. The average Bonchev–Trinajstić information content (AvgIpc) is 3.47. The molecular weight excluding hydrogens is 433 g/mol. The molecule has 1 unspecified atom stereocenters. The van der Waals surface area contributed by atoms with Gasteiger partial charge in [0.1, 0.15) is 6.04 Å². The molecule has 4 rings (SSSR count). The van der Waals surface area contributed by atoms with Gasteiger partial charge in [-0.3, -0.25) is 9.59 Å². The van der Waals surface area contributed by atoms with E-state index in [9.17, 15) is 22.8 Å². The van der Waals surface area contributed by atoms with Crippen molar-refractivity contribution in [3.8, 4) is 6.07 Å². The van der Waals surface area contributed by atoms with Gasteiger partial charge in [0.25, 0.3) is 0 Å². The third-order valence-electron chi connectivity index (χ3n) is 7.66. The number of likely N-dealkylation sites (tertiary alicyclic amines) is 1. The molecule has 178 valence electrons. The van der Waals surface area contributed by atoms with Gasteiger partial charge in [0.15, 0.2) is 0 Å². The summed E-state index contributed by atoms with van der Waals surface area (Å²) in [5.41, 5.74) is -1.38. The molecule has 1 saturated carbocycles. The highest BCUT2D eigenvalue weighted by molar-refractivity contribution is 5.86. The van der Waals surface area contributed by atoms with E-state index < -0.39 is 23.3 Å². The van der Waals surface area contributed by atoms with Gasteiger partial charge in [-0.05, 0) is 55.7 Å². The van der Waals surface area contributed by atoms with Crippen LogP contribution in [-0.4, -0.2) is 49.4 Å². The average molecular weight is 463 g/mol. The van der Waals surface area contributed by atoms with Crippen molar-refractivity contribution in [3.63, 3.8) is 0 Å². The Morgan fingerprint density at radius 2 is 1.85 bits per heavy atom. The first-order chi connectivity index (χ1) is 15.7. The first-order valence-electron chi connectivity index (χ1n) is 11.6. The number of amides is 2. The van der Waals surface area contributed by atoms with Crippen LogP contribution < -0.4 is 10.2 Å². The SMILES string of the molecule is CNC(=O)C1CC2(CCN(C(=O)C3CCCC3)CC2)CN1c1ccc(C#N)c(C(F)(F)F)c1. The van der Waals surface area contributed by atoms with Gasteiger partial charge in [-0.15, -0.1) is 0 Å². The number of piperidine rings is 1. The second-order valence-electron chi connectivity index (χ2n) is 9.61. The molecule has 1 N–H and O–H groups in total. The zero-order valence-electron chi connectivity index (χ0n) is 18.7. The first-order valence-corrected chi connectivity index (χ1v) is 11.6. The van der Waals surface area contributed by atoms with Crippen LogP contribution >= 0.6 is 0 Å². The second-order valence-corrected chi connectivity index (χ2v) is 9.61. The molecule has 3 aliphatic rings. The minimum absolute atomic E-state index is 0.122. The van der Waals surface area contributed by atoms with Crippen LogP contribution in [0.4, 0.5) is 18.9 Å². The molecule has 1 spiro atoms. The number of benzene rings is 1. The van der Waals surface area contributed by atoms with Crippen LogP contribution in [0.15, 0.2) is 18.2 Å². The lowest BCUT2D eigenvalue weighted by molar-refractivity contribution is -0.138. The first kappa shape index (κ1) is 23.4. The number of hydrogen-bond acceptors (Lipinski definition) is 4. The Hall–Kier alpha value is -2.76. The number of nitriles is 1. The summed E-state index contributed by atoms with van der Waals surface area (Å²) in [5.74, 6) is 0.105. The Balaban J connectivity index is 1.56. The Morgan fingerprint density at radius 1 is 1.18 bits per heavy atom. The standard InChI is InChI=1S/C24H29F3N4O2/c1-29-21(32)20-13-23(8-10-30(11-9-23)22(33)16-4-2-3-5-16)15-31(20)18-7-6-17(14-28)19(12-18)24(25,26)27/h6-7,12,16,20H,2-5,8-11,13,15H2,1H3,(H,29,32). The third kappa shape index (κ3) is 4.53. The fourth-order valence-electron chi connectivity index (χ4n) is 5.77. The summed E-state index contributed by atoms with van der Waals surface area (Å²) in [6.45, 7) is 1.68. The highest BCUT2D eigenvalue weighted by atomic mass is 19.4. The topological polar surface area (TPSA) is 76.4 Å². The van der Waals surface area contributed by atoms with Gasteiger partial charge in [-0.2, -0.15) is 18.4 Å². The zero-order chi connectivity index (χ0) is 23.8. The fraction of sp³-hybridized carbons (Fsp3) is 0.625. The predicted octanol–water partition coefficient (Wildman–Crippen LogP) is 3.70. The van der Waals surface area contributed by atoms with Crippen molar-refractivity contribution in [2.45, 2.75) is 57.2 Å². The van der Waals surface area contributed by atoms with Gasteiger partial charge in [-0.1, -0.05) is 12.8 Å². The van der Waals surface area contributed by atoms with Crippen LogP contribution in [0.25, 0.3) is 0 Å². The van der Waals surface area contributed by atoms with Gasteiger partial charge in [0, 0.05) is 38.3 Å². The van der Waals surface area contributed by atoms with Crippen molar-refractivity contribution < 1.29 is 22.8 Å². The largest absolute Gasteiger partial charge is 0.417 e. The van der Waals surface area contributed by atoms with Crippen molar-refractivity contribution in [3.05, 3.63) is 29.3 Å². The number of rotatable bonds is 3. The Labute approximate surface area is 191 Å². The third-order valence-corrected chi connectivity index (χ3v) is 7.66. The molecule has 0 aromatic heterocycles. The molecule has 0 bridgehead atoms. The van der Waals surface area contributed by atoms with Gasteiger partial charge in [0.05, 0.1) is 17.2 Å². The summed E-state index contributed by atoms with van der Waals surface area (Å²) in [4.78, 5) is 29.2. The molecule has 2 heterocycles.